The van der Waals surface area contributed by atoms with Gasteiger partial charge in [-0.3, -0.25) is 9.52 Å². The molecule has 0 radical (unpaired) electrons. The Morgan fingerprint density at radius 1 is 1.18 bits per heavy atom. The smallest absolute Gasteiger partial charge is 0.261 e. The summed E-state index contributed by atoms with van der Waals surface area (Å²) in [7, 11) is -3.93. The van der Waals surface area contributed by atoms with E-state index in [1.165, 1.54) is 24.3 Å². The van der Waals surface area contributed by atoms with E-state index in [-0.39, 0.29) is 16.5 Å². The van der Waals surface area contributed by atoms with Crippen LogP contribution in [0, 0.1) is 18.3 Å². The highest BCUT2D eigenvalue weighted by Crippen LogP contribution is 2.30. The maximum atomic E-state index is 12.9. The Morgan fingerprint density at radius 3 is 2.55 bits per heavy atom. The van der Waals surface area contributed by atoms with Gasteiger partial charge in [0.25, 0.3) is 15.9 Å². The summed E-state index contributed by atoms with van der Waals surface area (Å²) in [5.41, 5.74) is 2.42. The van der Waals surface area contributed by atoms with Gasteiger partial charge in [0.1, 0.15) is 6.07 Å². The molecule has 3 N–H and O–H groups in total. The quantitative estimate of drug-likeness (QED) is 0.398. The Labute approximate surface area is 190 Å². The van der Waals surface area contributed by atoms with Crippen LogP contribution < -0.4 is 10.0 Å². The Morgan fingerprint density at radius 2 is 1.91 bits per heavy atom. The van der Waals surface area contributed by atoms with Crippen molar-refractivity contribution in [2.45, 2.75) is 31.7 Å². The molecule has 2 aromatic carbocycles. The summed E-state index contributed by atoms with van der Waals surface area (Å²) in [6, 6.07) is 11.1. The third-order valence-corrected chi connectivity index (χ3v) is 6.50. The SMILES string of the molecule is Cc1ccc(NS(=O)(=O)c2ccc(C(=O)Nc3cn(C(C)C)nn3)cc2)c2[nH]cc(C#N)c12. The second kappa shape index (κ2) is 8.40. The van der Waals surface area contributed by atoms with E-state index < -0.39 is 15.9 Å². The van der Waals surface area contributed by atoms with Crippen molar-refractivity contribution in [2.24, 2.45) is 0 Å². The minimum Gasteiger partial charge on any atom is -0.358 e. The lowest BCUT2D eigenvalue weighted by molar-refractivity contribution is 0.102. The van der Waals surface area contributed by atoms with Gasteiger partial charge in [-0.25, -0.2) is 13.1 Å². The van der Waals surface area contributed by atoms with Crippen LogP contribution in [0.2, 0.25) is 0 Å². The number of nitriles is 1. The molecule has 10 nitrogen and oxygen atoms in total. The maximum Gasteiger partial charge on any atom is 0.261 e. The number of hydrogen-bond donors (Lipinski definition) is 3. The Balaban J connectivity index is 1.54. The summed E-state index contributed by atoms with van der Waals surface area (Å²) in [6.45, 7) is 5.73. The van der Waals surface area contributed by atoms with Crippen LogP contribution in [-0.2, 0) is 10.0 Å². The van der Waals surface area contributed by atoms with E-state index in [4.69, 9.17) is 0 Å². The predicted octanol–water partition coefficient (Wildman–Crippen LogP) is 3.57. The van der Waals surface area contributed by atoms with E-state index in [0.717, 1.165) is 5.56 Å². The number of benzene rings is 2. The molecule has 0 atom stereocenters. The van der Waals surface area contributed by atoms with Crippen LogP contribution in [0.25, 0.3) is 10.9 Å². The van der Waals surface area contributed by atoms with E-state index in [0.29, 0.717) is 28.0 Å². The number of carbonyl (C=O) groups is 1. The number of nitrogens with zero attached hydrogens (tertiary/aromatic N) is 4. The summed E-state index contributed by atoms with van der Waals surface area (Å²) in [5, 5.41) is 20.4. The average molecular weight is 464 g/mol. The number of H-pyrrole nitrogens is 1. The number of aromatic amines is 1. The summed E-state index contributed by atoms with van der Waals surface area (Å²) in [5.74, 6) is -0.128. The van der Waals surface area contributed by atoms with Crippen molar-refractivity contribution in [1.29, 1.82) is 5.26 Å². The zero-order valence-electron chi connectivity index (χ0n) is 18.1. The second-order valence-electron chi connectivity index (χ2n) is 7.76. The Bertz CT molecular complexity index is 1490. The molecule has 1 amide bonds. The molecule has 11 heteroatoms. The number of rotatable bonds is 6. The van der Waals surface area contributed by atoms with Crippen molar-refractivity contribution in [3.63, 3.8) is 0 Å². The van der Waals surface area contributed by atoms with Gasteiger partial charge >= 0.3 is 0 Å². The number of nitrogens with one attached hydrogen (secondary N) is 3. The van der Waals surface area contributed by atoms with Crippen molar-refractivity contribution in [3.8, 4) is 6.07 Å². The number of amides is 1. The summed E-state index contributed by atoms with van der Waals surface area (Å²) >= 11 is 0. The first-order chi connectivity index (χ1) is 15.7. The van der Waals surface area contributed by atoms with Crippen LogP contribution in [0.4, 0.5) is 11.5 Å². The minimum atomic E-state index is -3.93. The van der Waals surface area contributed by atoms with Crippen molar-refractivity contribution in [1.82, 2.24) is 20.0 Å². The van der Waals surface area contributed by atoms with Crippen molar-refractivity contribution >= 4 is 38.3 Å². The molecule has 2 heterocycles. The number of aryl methyl sites for hydroxylation is 1. The van der Waals surface area contributed by atoms with E-state index in [2.05, 4.69) is 31.4 Å². The zero-order chi connectivity index (χ0) is 23.8. The Kier molecular flexibility index (Phi) is 5.61. The topological polar surface area (TPSA) is 146 Å². The molecular weight excluding hydrogens is 442 g/mol. The normalized spacial score (nSPS) is 11.5. The van der Waals surface area contributed by atoms with Gasteiger partial charge < -0.3 is 10.3 Å². The molecule has 0 aliphatic carbocycles. The van der Waals surface area contributed by atoms with Gasteiger partial charge in [0.2, 0.25) is 0 Å². The van der Waals surface area contributed by atoms with E-state index in [1.54, 1.807) is 29.2 Å². The molecule has 0 bridgehead atoms. The lowest BCUT2D eigenvalue weighted by Crippen LogP contribution is -2.15. The summed E-state index contributed by atoms with van der Waals surface area (Å²) < 4.78 is 30.0. The monoisotopic (exact) mass is 463 g/mol. The van der Waals surface area contributed by atoms with Crippen molar-refractivity contribution < 1.29 is 13.2 Å². The average Bonchev–Trinajstić information content (AvgIpc) is 3.43. The van der Waals surface area contributed by atoms with Crippen molar-refractivity contribution in [2.75, 3.05) is 10.0 Å². The van der Waals surface area contributed by atoms with Gasteiger partial charge in [0.05, 0.1) is 27.9 Å². The van der Waals surface area contributed by atoms with Crippen LogP contribution in [0.5, 0.6) is 0 Å². The van der Waals surface area contributed by atoms with E-state index in [1.807, 2.05) is 20.8 Å². The molecule has 168 valence electrons. The van der Waals surface area contributed by atoms with Gasteiger partial charge in [-0.05, 0) is 56.7 Å². The van der Waals surface area contributed by atoms with Crippen LogP contribution >= 0.6 is 0 Å². The molecule has 2 aromatic heterocycles. The summed E-state index contributed by atoms with van der Waals surface area (Å²) in [4.78, 5) is 15.4. The van der Waals surface area contributed by atoms with Crippen molar-refractivity contribution in [3.05, 3.63) is 65.5 Å². The van der Waals surface area contributed by atoms with E-state index in [9.17, 15) is 18.5 Å². The fraction of sp³-hybridized carbons (Fsp3) is 0.182. The molecule has 4 aromatic rings. The highest BCUT2D eigenvalue weighted by molar-refractivity contribution is 7.92. The molecule has 0 saturated heterocycles. The van der Waals surface area contributed by atoms with Gasteiger partial charge in [-0.1, -0.05) is 11.3 Å². The zero-order valence-corrected chi connectivity index (χ0v) is 18.9. The largest absolute Gasteiger partial charge is 0.358 e. The van der Waals surface area contributed by atoms with Gasteiger partial charge in [-0.15, -0.1) is 5.10 Å². The third kappa shape index (κ3) is 4.28. The first-order valence-corrected chi connectivity index (χ1v) is 11.5. The number of hydrogen-bond acceptors (Lipinski definition) is 6. The highest BCUT2D eigenvalue weighted by atomic mass is 32.2. The summed E-state index contributed by atoms with van der Waals surface area (Å²) in [6.07, 6.45) is 3.16. The molecular formula is C22H21N7O3S. The van der Waals surface area contributed by atoms with Gasteiger partial charge in [0.15, 0.2) is 5.82 Å². The van der Waals surface area contributed by atoms with Crippen LogP contribution in [0.15, 0.2) is 53.7 Å². The molecule has 0 aliphatic rings. The first kappa shape index (κ1) is 22.0. The highest BCUT2D eigenvalue weighted by Gasteiger charge is 2.19. The minimum absolute atomic E-state index is 0.00871. The molecule has 4 rings (SSSR count). The molecule has 0 aliphatic heterocycles. The predicted molar refractivity (Wildman–Crippen MR) is 123 cm³/mol. The number of fused-ring (bicyclic) bond motifs is 1. The standard InChI is InChI=1S/C22H21N7O3S/c1-13(2)29-12-19(26-28-29)25-22(30)15-5-7-17(8-6-15)33(31,32)27-18-9-4-14(3)20-16(10-23)11-24-21(18)20/h4-9,11-13,24,27H,1-3H3,(H,25,30). The maximum absolute atomic E-state index is 12.9. The molecule has 0 spiro atoms. The fourth-order valence-electron chi connectivity index (χ4n) is 3.36. The van der Waals surface area contributed by atoms with Gasteiger partial charge in [-0.2, -0.15) is 5.26 Å². The molecule has 0 saturated carbocycles. The fourth-order valence-corrected chi connectivity index (χ4v) is 4.43. The van der Waals surface area contributed by atoms with E-state index >= 15 is 0 Å². The van der Waals surface area contributed by atoms with Crippen LogP contribution in [-0.4, -0.2) is 34.3 Å². The number of aromatic nitrogens is 4. The number of sulfonamides is 1. The Hall–Kier alpha value is -4.17. The first-order valence-electron chi connectivity index (χ1n) is 10.1. The van der Waals surface area contributed by atoms with Gasteiger partial charge in [0, 0.05) is 23.2 Å². The number of anilines is 2. The lowest BCUT2D eigenvalue weighted by atomic mass is 10.1. The second-order valence-corrected chi connectivity index (χ2v) is 9.44. The molecule has 33 heavy (non-hydrogen) atoms. The lowest BCUT2D eigenvalue weighted by Gasteiger charge is -2.11. The van der Waals surface area contributed by atoms with Crippen LogP contribution in [0.3, 0.4) is 0 Å². The number of carbonyl (C=O) groups excluding carboxylic acids is 1. The molecule has 0 fully saturated rings. The molecule has 0 unspecified atom stereocenters. The third-order valence-electron chi connectivity index (χ3n) is 5.12. The van der Waals surface area contributed by atoms with Crippen LogP contribution in [0.1, 0.15) is 41.4 Å².